The molecule has 1 unspecified atom stereocenters. The van der Waals surface area contributed by atoms with Crippen molar-refractivity contribution in [3.05, 3.63) is 11.9 Å². The molecule has 0 aromatic heterocycles. The predicted octanol–water partition coefficient (Wildman–Crippen LogP) is -1.92. The largest absolute Gasteiger partial charge is 0.401 e. The third kappa shape index (κ3) is 22.1. The van der Waals surface area contributed by atoms with E-state index < -0.39 is 0 Å². The minimum atomic E-state index is -0.364. The van der Waals surface area contributed by atoms with E-state index in [1.807, 2.05) is 20.9 Å². The molecule has 0 aromatic rings. The summed E-state index contributed by atoms with van der Waals surface area (Å²) in [7, 11) is 1.89. The zero-order valence-corrected chi connectivity index (χ0v) is 20.7. The molecular weight excluding hydrogens is 434 g/mol. The number of ether oxygens (including phenoxy) is 2. The number of nitrogens with zero attached hydrogens (tertiary/aromatic N) is 1. The first-order valence-electron chi connectivity index (χ1n) is 11.2. The number of hydrazine groups is 1. The molecule has 0 spiro atoms. The highest BCUT2D eigenvalue weighted by Crippen LogP contribution is 2.07. The van der Waals surface area contributed by atoms with Crippen LogP contribution >= 0.6 is 0 Å². The number of primary amides is 1. The van der Waals surface area contributed by atoms with Gasteiger partial charge in [-0.2, -0.15) is 0 Å². The second kappa shape index (κ2) is 26.7. The molecule has 200 valence electrons. The SMILES string of the molecule is CC.CNC(C)CC/C(N)=C/N(N)C(COCC(CO)CO)COCC(CO)CO.NC=O. The molecule has 0 heterocycles. The van der Waals surface area contributed by atoms with Crippen molar-refractivity contribution in [3.8, 4) is 0 Å². The molecule has 11 N–H and O–H groups in total. The van der Waals surface area contributed by atoms with Crippen LogP contribution in [0.5, 0.6) is 0 Å². The van der Waals surface area contributed by atoms with Crippen molar-refractivity contribution in [1.29, 1.82) is 0 Å². The summed E-state index contributed by atoms with van der Waals surface area (Å²) in [5.41, 5.74) is 10.8. The Morgan fingerprint density at radius 3 is 1.70 bits per heavy atom. The number of rotatable bonds is 18. The molecule has 0 aliphatic rings. The smallest absolute Gasteiger partial charge is 0.204 e. The average molecular weight is 484 g/mol. The molecule has 12 nitrogen and oxygen atoms in total. The lowest BCUT2D eigenvalue weighted by Gasteiger charge is -2.28. The van der Waals surface area contributed by atoms with Crippen LogP contribution in [0.3, 0.4) is 0 Å². The van der Waals surface area contributed by atoms with Crippen LogP contribution in [-0.4, -0.2) is 104 Å². The maximum atomic E-state index is 9.12. The van der Waals surface area contributed by atoms with Crippen molar-refractivity contribution in [2.24, 2.45) is 29.1 Å². The third-order valence-corrected chi connectivity index (χ3v) is 4.46. The lowest BCUT2D eigenvalue weighted by molar-refractivity contribution is -0.106. The predicted molar refractivity (Wildman–Crippen MR) is 128 cm³/mol. The minimum Gasteiger partial charge on any atom is -0.401 e. The highest BCUT2D eigenvalue weighted by molar-refractivity contribution is 5.42. The number of hydrogen-bond acceptors (Lipinski definition) is 11. The summed E-state index contributed by atoms with van der Waals surface area (Å²) in [6.07, 6.45) is 3.44. The van der Waals surface area contributed by atoms with E-state index in [9.17, 15) is 0 Å². The average Bonchev–Trinajstić information content (AvgIpc) is 2.83. The second-order valence-electron chi connectivity index (χ2n) is 7.21. The highest BCUT2D eigenvalue weighted by Gasteiger charge is 2.17. The van der Waals surface area contributed by atoms with E-state index in [0.717, 1.165) is 6.42 Å². The van der Waals surface area contributed by atoms with Crippen LogP contribution < -0.4 is 22.6 Å². The minimum absolute atomic E-state index is 0.171. The van der Waals surface area contributed by atoms with Gasteiger partial charge in [0.25, 0.3) is 0 Å². The van der Waals surface area contributed by atoms with E-state index in [0.29, 0.717) is 18.2 Å². The number of aliphatic hydroxyl groups excluding tert-OH is 4. The first-order valence-corrected chi connectivity index (χ1v) is 11.2. The Morgan fingerprint density at radius 1 is 0.970 bits per heavy atom. The zero-order valence-electron chi connectivity index (χ0n) is 20.7. The molecular formula is C21H49N5O7. The number of aliphatic hydroxyl groups is 4. The Hall–Kier alpha value is -1.51. The molecule has 1 amide bonds. The van der Waals surface area contributed by atoms with E-state index in [-0.39, 0.29) is 77.1 Å². The van der Waals surface area contributed by atoms with Crippen molar-refractivity contribution in [1.82, 2.24) is 10.3 Å². The monoisotopic (exact) mass is 483 g/mol. The normalized spacial score (nSPS) is 12.2. The summed E-state index contributed by atoms with van der Waals surface area (Å²) in [6.45, 7) is 6.15. The number of nitrogens with one attached hydrogen (secondary N) is 1. The number of amides is 1. The van der Waals surface area contributed by atoms with Crippen LogP contribution in [0, 0.1) is 11.8 Å². The molecule has 0 radical (unpaired) electrons. The van der Waals surface area contributed by atoms with Crippen molar-refractivity contribution >= 4 is 6.41 Å². The number of nitrogens with two attached hydrogens (primary N) is 3. The molecule has 0 fully saturated rings. The molecule has 0 aliphatic carbocycles. The fraction of sp³-hybridized carbons (Fsp3) is 0.857. The van der Waals surface area contributed by atoms with Crippen molar-refractivity contribution in [3.63, 3.8) is 0 Å². The Kier molecular flexibility index (Phi) is 29.2. The van der Waals surface area contributed by atoms with Crippen LogP contribution in [0.25, 0.3) is 0 Å². The number of hydrogen-bond donors (Lipinski definition) is 8. The van der Waals surface area contributed by atoms with Gasteiger partial charge in [-0.3, -0.25) is 4.79 Å². The molecule has 0 aromatic carbocycles. The molecule has 0 saturated heterocycles. The van der Waals surface area contributed by atoms with Gasteiger partial charge in [0.05, 0.1) is 58.9 Å². The molecule has 33 heavy (non-hydrogen) atoms. The fourth-order valence-electron chi connectivity index (χ4n) is 2.18. The van der Waals surface area contributed by atoms with Crippen LogP contribution in [-0.2, 0) is 14.3 Å². The first-order chi connectivity index (χ1) is 15.8. The summed E-state index contributed by atoms with van der Waals surface area (Å²) in [5.74, 6) is 5.41. The second-order valence-corrected chi connectivity index (χ2v) is 7.21. The van der Waals surface area contributed by atoms with Gasteiger partial charge < -0.3 is 51.7 Å². The lowest BCUT2D eigenvalue weighted by Crippen LogP contribution is -2.44. The van der Waals surface area contributed by atoms with Crippen molar-refractivity contribution in [2.45, 2.75) is 45.7 Å². The van der Waals surface area contributed by atoms with Gasteiger partial charge in [-0.25, -0.2) is 5.84 Å². The van der Waals surface area contributed by atoms with Crippen molar-refractivity contribution < 1.29 is 34.7 Å². The molecule has 1 atom stereocenters. The summed E-state index contributed by atoms with van der Waals surface area (Å²) >= 11 is 0. The Bertz CT molecular complexity index is 421. The van der Waals surface area contributed by atoms with Crippen molar-refractivity contribution in [2.75, 3.05) is 59.9 Å². The van der Waals surface area contributed by atoms with Gasteiger partial charge in [0.2, 0.25) is 6.41 Å². The standard InChI is InChI=1S/C18H40N4O6.C2H6.CH3NO/c1-14(21-2)3-4-17(19)5-22(20)18(12-27-10-15(6-23)7-24)13-28-11-16(8-25)9-26;1-2;2-1-3/h5,14-16,18,21,23-26H,3-4,6-13,19-20H2,1-2H3;1-2H3;1H,(H2,2,3)/b17-5-;;. The van der Waals surface area contributed by atoms with Crippen LogP contribution in [0.4, 0.5) is 0 Å². The molecule has 0 aliphatic heterocycles. The van der Waals surface area contributed by atoms with Gasteiger partial charge in [0.15, 0.2) is 0 Å². The van der Waals surface area contributed by atoms with Gasteiger partial charge in [-0.15, -0.1) is 0 Å². The van der Waals surface area contributed by atoms with Crippen LogP contribution in [0.1, 0.15) is 33.6 Å². The Labute approximate surface area is 198 Å². The molecule has 0 bridgehead atoms. The van der Waals surface area contributed by atoms with E-state index >= 15 is 0 Å². The Balaban J connectivity index is -0.00000165. The summed E-state index contributed by atoms with van der Waals surface area (Å²) in [5, 5.41) is 41.1. The van der Waals surface area contributed by atoms with Gasteiger partial charge in [-0.1, -0.05) is 13.8 Å². The fourth-order valence-corrected chi connectivity index (χ4v) is 2.18. The first kappa shape index (κ1) is 36.1. The molecule has 12 heteroatoms. The topological polar surface area (TPSA) is 210 Å². The summed E-state index contributed by atoms with van der Waals surface area (Å²) in [4.78, 5) is 8.58. The zero-order chi connectivity index (χ0) is 26.1. The number of allylic oxidation sites excluding steroid dienone is 1. The molecule has 0 rings (SSSR count). The summed E-state index contributed by atoms with van der Waals surface area (Å²) < 4.78 is 11.1. The van der Waals surface area contributed by atoms with Gasteiger partial charge in [-0.05, 0) is 26.8 Å². The van der Waals surface area contributed by atoms with E-state index in [1.165, 1.54) is 5.01 Å². The maximum absolute atomic E-state index is 9.12. The van der Waals surface area contributed by atoms with Crippen LogP contribution in [0.15, 0.2) is 11.9 Å². The Morgan fingerprint density at radius 2 is 1.36 bits per heavy atom. The quantitative estimate of drug-likeness (QED) is 0.0612. The van der Waals surface area contributed by atoms with Crippen LogP contribution in [0.2, 0.25) is 0 Å². The van der Waals surface area contributed by atoms with E-state index in [2.05, 4.69) is 18.0 Å². The van der Waals surface area contributed by atoms with Gasteiger partial charge >= 0.3 is 0 Å². The highest BCUT2D eigenvalue weighted by atomic mass is 16.5. The number of carbonyl (C=O) groups excluding carboxylic acids is 1. The number of carbonyl (C=O) groups is 1. The van der Waals surface area contributed by atoms with E-state index in [1.54, 1.807) is 6.20 Å². The third-order valence-electron chi connectivity index (χ3n) is 4.46. The van der Waals surface area contributed by atoms with Gasteiger partial charge in [0, 0.05) is 29.8 Å². The maximum Gasteiger partial charge on any atom is 0.204 e. The van der Waals surface area contributed by atoms with Gasteiger partial charge in [0.1, 0.15) is 0 Å². The van der Waals surface area contributed by atoms with E-state index in [4.69, 9.17) is 46.3 Å². The lowest BCUT2D eigenvalue weighted by atomic mass is 10.1. The summed E-state index contributed by atoms with van der Waals surface area (Å²) in [6, 6.07) is -0.0280. The molecule has 0 saturated carbocycles.